The van der Waals surface area contributed by atoms with E-state index in [9.17, 15) is 15.3 Å². The Morgan fingerprint density at radius 1 is 1.04 bits per heavy atom. The molecule has 1 aliphatic rings. The van der Waals surface area contributed by atoms with E-state index in [2.05, 4.69) is 10.3 Å². The summed E-state index contributed by atoms with van der Waals surface area (Å²) in [6.07, 6.45) is 0.597. The van der Waals surface area contributed by atoms with Gasteiger partial charge in [-0.15, -0.1) is 5.10 Å². The summed E-state index contributed by atoms with van der Waals surface area (Å²) in [4.78, 5) is 0. The van der Waals surface area contributed by atoms with Crippen molar-refractivity contribution in [2.45, 2.75) is 82.9 Å². The van der Waals surface area contributed by atoms with Gasteiger partial charge in [-0.3, -0.25) is 4.68 Å². The van der Waals surface area contributed by atoms with Crippen LogP contribution in [-0.2, 0) is 27.4 Å². The van der Waals surface area contributed by atoms with E-state index >= 15 is 0 Å². The van der Waals surface area contributed by atoms with E-state index in [4.69, 9.17) is 19.3 Å². The molecule has 5 atom stereocenters. The summed E-state index contributed by atoms with van der Waals surface area (Å²) in [5, 5.41) is 46.4. The number of unbranched alkanes of at least 4 members (excludes halogenated alkanes) is 4. The smallest absolute Gasteiger partial charge is 0.186 e. The number of nitrogens with zero attached hydrogens (tertiary/aromatic N) is 3. The van der Waals surface area contributed by atoms with Crippen molar-refractivity contribution in [1.29, 1.82) is 0 Å². The molecular formula is C18H33N3O7. The highest BCUT2D eigenvalue weighted by molar-refractivity contribution is 4.89. The Hall–Kier alpha value is -1.14. The molecule has 162 valence electrons. The van der Waals surface area contributed by atoms with E-state index in [1.165, 1.54) is 0 Å². The van der Waals surface area contributed by atoms with Crippen LogP contribution in [-0.4, -0.2) is 85.9 Å². The van der Waals surface area contributed by atoms with Gasteiger partial charge >= 0.3 is 0 Å². The van der Waals surface area contributed by atoms with Crippen LogP contribution in [0.25, 0.3) is 0 Å². The summed E-state index contributed by atoms with van der Waals surface area (Å²) in [5.74, 6) is 0. The quantitative estimate of drug-likeness (QED) is 0.323. The summed E-state index contributed by atoms with van der Waals surface area (Å²) in [7, 11) is 0. The molecular weight excluding hydrogens is 370 g/mol. The van der Waals surface area contributed by atoms with Crippen LogP contribution in [0, 0.1) is 0 Å². The number of hydrogen-bond donors (Lipinski definition) is 4. The predicted molar refractivity (Wildman–Crippen MR) is 98.2 cm³/mol. The van der Waals surface area contributed by atoms with Crippen LogP contribution in [0.2, 0.25) is 0 Å². The van der Waals surface area contributed by atoms with E-state index in [1.54, 1.807) is 4.68 Å². The molecule has 10 nitrogen and oxygen atoms in total. The summed E-state index contributed by atoms with van der Waals surface area (Å²) in [6.45, 7) is 3.88. The molecule has 1 saturated heterocycles. The van der Waals surface area contributed by atoms with Gasteiger partial charge in [0.2, 0.25) is 0 Å². The van der Waals surface area contributed by atoms with Gasteiger partial charge in [-0.1, -0.05) is 24.5 Å². The second kappa shape index (κ2) is 12.4. The molecule has 28 heavy (non-hydrogen) atoms. The lowest BCUT2D eigenvalue weighted by Gasteiger charge is -2.39. The first-order chi connectivity index (χ1) is 13.6. The molecule has 1 aromatic rings. The molecule has 0 amide bonds. The molecule has 2 rings (SSSR count). The highest BCUT2D eigenvalue weighted by Crippen LogP contribution is 2.22. The lowest BCUT2D eigenvalue weighted by atomic mass is 9.99. The van der Waals surface area contributed by atoms with E-state index in [-0.39, 0.29) is 0 Å². The van der Waals surface area contributed by atoms with Gasteiger partial charge in [0.05, 0.1) is 19.4 Å². The number of rotatable bonds is 13. The van der Waals surface area contributed by atoms with E-state index in [0.717, 1.165) is 44.3 Å². The maximum atomic E-state index is 9.88. The zero-order valence-corrected chi connectivity index (χ0v) is 16.4. The fraction of sp³-hybridized carbons (Fsp3) is 0.889. The molecule has 10 heteroatoms. The Labute approximate surface area is 165 Å². The van der Waals surface area contributed by atoms with Gasteiger partial charge in [-0.25, -0.2) is 0 Å². The zero-order chi connectivity index (χ0) is 20.4. The number of aromatic nitrogens is 3. The maximum absolute atomic E-state index is 9.88. The predicted octanol–water partition coefficient (Wildman–Crippen LogP) is -0.418. The SMILES string of the molecule is CCn1cc(COCCCCCCCOC2OC(CO)C(O)C(O)C2O)nn1. The topological polar surface area (TPSA) is 139 Å². The summed E-state index contributed by atoms with van der Waals surface area (Å²) in [5.41, 5.74) is 0.840. The molecule has 4 N–H and O–H groups in total. The van der Waals surface area contributed by atoms with Crippen LogP contribution in [0.5, 0.6) is 0 Å². The van der Waals surface area contributed by atoms with Crippen molar-refractivity contribution in [3.63, 3.8) is 0 Å². The maximum Gasteiger partial charge on any atom is 0.186 e. The highest BCUT2D eigenvalue weighted by Gasteiger charge is 2.43. The molecule has 2 heterocycles. The van der Waals surface area contributed by atoms with E-state index < -0.39 is 37.3 Å². The molecule has 1 fully saturated rings. The fourth-order valence-electron chi connectivity index (χ4n) is 2.98. The molecule has 0 aromatic carbocycles. The lowest BCUT2D eigenvalue weighted by Crippen LogP contribution is -2.59. The fourth-order valence-corrected chi connectivity index (χ4v) is 2.98. The van der Waals surface area contributed by atoms with Crippen molar-refractivity contribution in [2.24, 2.45) is 0 Å². The average molecular weight is 403 g/mol. The van der Waals surface area contributed by atoms with Gasteiger partial charge < -0.3 is 34.6 Å². The van der Waals surface area contributed by atoms with Crippen molar-refractivity contribution in [1.82, 2.24) is 15.0 Å². The Morgan fingerprint density at radius 2 is 1.75 bits per heavy atom. The van der Waals surface area contributed by atoms with Crippen molar-refractivity contribution in [3.05, 3.63) is 11.9 Å². The molecule has 5 unspecified atom stereocenters. The highest BCUT2D eigenvalue weighted by atomic mass is 16.7. The molecule has 1 aromatic heterocycles. The van der Waals surface area contributed by atoms with Crippen molar-refractivity contribution >= 4 is 0 Å². The largest absolute Gasteiger partial charge is 0.394 e. The van der Waals surface area contributed by atoms with Crippen LogP contribution < -0.4 is 0 Å². The summed E-state index contributed by atoms with van der Waals surface area (Å²) in [6, 6.07) is 0. The molecule has 0 spiro atoms. The number of hydrogen-bond acceptors (Lipinski definition) is 9. The monoisotopic (exact) mass is 403 g/mol. The Bertz CT molecular complexity index is 543. The third-order valence-electron chi connectivity index (χ3n) is 4.72. The minimum atomic E-state index is -1.40. The zero-order valence-electron chi connectivity index (χ0n) is 16.4. The number of aliphatic hydroxyl groups excluding tert-OH is 4. The molecule has 1 aliphatic heterocycles. The number of ether oxygens (including phenoxy) is 3. The molecule has 0 bridgehead atoms. The minimum absolute atomic E-state index is 0.367. The first-order valence-corrected chi connectivity index (χ1v) is 9.95. The lowest BCUT2D eigenvalue weighted by molar-refractivity contribution is -0.301. The second-order valence-electron chi connectivity index (χ2n) is 6.95. The Balaban J connectivity index is 1.46. The third kappa shape index (κ3) is 7.03. The summed E-state index contributed by atoms with van der Waals surface area (Å²) >= 11 is 0. The van der Waals surface area contributed by atoms with Crippen LogP contribution >= 0.6 is 0 Å². The van der Waals surface area contributed by atoms with Gasteiger partial charge in [-0.05, 0) is 19.8 Å². The summed E-state index contributed by atoms with van der Waals surface area (Å²) < 4.78 is 18.1. The number of aryl methyl sites for hydroxylation is 1. The first-order valence-electron chi connectivity index (χ1n) is 9.95. The standard InChI is InChI=1S/C18H33N3O7/c1-2-21-10-13(19-20-21)12-26-8-6-4-3-5-7-9-27-18-17(25)16(24)15(23)14(11-22)28-18/h10,14-18,22-25H,2-9,11-12H2,1H3. The van der Waals surface area contributed by atoms with Crippen molar-refractivity contribution < 1.29 is 34.6 Å². The van der Waals surface area contributed by atoms with Crippen molar-refractivity contribution in [3.8, 4) is 0 Å². The first kappa shape index (κ1) is 23.1. The average Bonchev–Trinajstić information content (AvgIpc) is 3.17. The van der Waals surface area contributed by atoms with Crippen LogP contribution in [0.3, 0.4) is 0 Å². The van der Waals surface area contributed by atoms with Gasteiger partial charge in [0.25, 0.3) is 0 Å². The minimum Gasteiger partial charge on any atom is -0.394 e. The van der Waals surface area contributed by atoms with Crippen LogP contribution in [0.15, 0.2) is 6.20 Å². The third-order valence-corrected chi connectivity index (χ3v) is 4.72. The molecule has 0 radical (unpaired) electrons. The molecule has 0 saturated carbocycles. The van der Waals surface area contributed by atoms with Crippen LogP contribution in [0.1, 0.15) is 44.7 Å². The van der Waals surface area contributed by atoms with Gasteiger partial charge in [0.15, 0.2) is 6.29 Å². The Morgan fingerprint density at radius 3 is 2.43 bits per heavy atom. The van der Waals surface area contributed by atoms with Crippen molar-refractivity contribution in [2.75, 3.05) is 19.8 Å². The van der Waals surface area contributed by atoms with Crippen LogP contribution in [0.4, 0.5) is 0 Å². The normalized spacial score (nSPS) is 28.0. The van der Waals surface area contributed by atoms with Gasteiger partial charge in [0, 0.05) is 19.8 Å². The van der Waals surface area contributed by atoms with E-state index in [1.807, 2.05) is 13.1 Å². The second-order valence-corrected chi connectivity index (χ2v) is 6.95. The Kier molecular flexibility index (Phi) is 10.3. The van der Waals surface area contributed by atoms with E-state index in [0.29, 0.717) is 19.8 Å². The van der Waals surface area contributed by atoms with Gasteiger partial charge in [0.1, 0.15) is 30.1 Å². The molecule has 0 aliphatic carbocycles. The number of aliphatic hydroxyl groups is 4. The van der Waals surface area contributed by atoms with Gasteiger partial charge in [-0.2, -0.15) is 0 Å².